The zero-order valence-corrected chi connectivity index (χ0v) is 12.0. The lowest BCUT2D eigenvalue weighted by Gasteiger charge is -2.45. The summed E-state index contributed by atoms with van der Waals surface area (Å²) in [5, 5.41) is 9.88. The largest absolute Gasteiger partial charge is 0.490 e. The number of carbonyl (C=O) groups is 1. The van der Waals surface area contributed by atoms with Crippen molar-refractivity contribution in [1.82, 2.24) is 4.90 Å². The lowest BCUT2D eigenvalue weighted by Crippen LogP contribution is -2.63. The number of nitrogens with zero attached hydrogens (tertiary/aromatic N) is 1. The van der Waals surface area contributed by atoms with Gasteiger partial charge < -0.3 is 19.5 Å². The Hall–Kier alpha value is -1.75. The maximum absolute atomic E-state index is 11.9. The molecule has 1 aromatic carbocycles. The van der Waals surface area contributed by atoms with E-state index in [4.69, 9.17) is 9.47 Å². The van der Waals surface area contributed by atoms with Gasteiger partial charge in [0, 0.05) is 0 Å². The van der Waals surface area contributed by atoms with Crippen molar-refractivity contribution < 1.29 is 19.4 Å². The molecule has 0 saturated carbocycles. The number of likely N-dealkylation sites (tertiary alicyclic amines) is 1. The van der Waals surface area contributed by atoms with E-state index >= 15 is 0 Å². The second-order valence-electron chi connectivity index (χ2n) is 5.00. The summed E-state index contributed by atoms with van der Waals surface area (Å²) in [6, 6.07) is 7.28. The smallest absolute Gasteiger partial charge is 0.260 e. The topological polar surface area (TPSA) is 59.0 Å². The van der Waals surface area contributed by atoms with Crippen LogP contribution in [0.3, 0.4) is 0 Å². The lowest BCUT2D eigenvalue weighted by atomic mass is 9.91. The minimum atomic E-state index is -0.709. The van der Waals surface area contributed by atoms with E-state index < -0.39 is 5.60 Å². The van der Waals surface area contributed by atoms with Crippen molar-refractivity contribution in [3.05, 3.63) is 24.3 Å². The first kappa shape index (κ1) is 14.7. The molecule has 110 valence electrons. The Kier molecular flexibility index (Phi) is 4.49. The number of carbonyl (C=O) groups excluding carboxylic acids is 1. The Balaban J connectivity index is 1.85. The number of rotatable bonds is 6. The van der Waals surface area contributed by atoms with Crippen LogP contribution in [0.25, 0.3) is 0 Å². The molecule has 0 aromatic heterocycles. The molecule has 0 bridgehead atoms. The van der Waals surface area contributed by atoms with E-state index in [-0.39, 0.29) is 12.5 Å². The Bertz CT molecular complexity index is 469. The van der Waals surface area contributed by atoms with Crippen molar-refractivity contribution in [2.24, 2.45) is 0 Å². The first-order valence-electron chi connectivity index (χ1n) is 6.93. The van der Waals surface area contributed by atoms with Gasteiger partial charge in [0.05, 0.1) is 25.3 Å². The number of hydrogen-bond donors (Lipinski definition) is 1. The first-order chi connectivity index (χ1) is 9.58. The molecule has 1 N–H and O–H groups in total. The van der Waals surface area contributed by atoms with Crippen molar-refractivity contribution in [3.63, 3.8) is 0 Å². The third-order valence-electron chi connectivity index (χ3n) is 3.48. The summed E-state index contributed by atoms with van der Waals surface area (Å²) in [5.41, 5.74) is -0.709. The molecule has 5 heteroatoms. The van der Waals surface area contributed by atoms with Gasteiger partial charge in [0.25, 0.3) is 5.91 Å². The molecule has 2 rings (SSSR count). The molecular weight excluding hydrogens is 258 g/mol. The van der Waals surface area contributed by atoms with Crippen LogP contribution in [0.5, 0.6) is 11.5 Å². The fourth-order valence-corrected chi connectivity index (χ4v) is 2.14. The first-order valence-corrected chi connectivity index (χ1v) is 6.93. The third kappa shape index (κ3) is 3.22. The summed E-state index contributed by atoms with van der Waals surface area (Å²) in [7, 11) is 0. The molecule has 0 unspecified atom stereocenters. The van der Waals surface area contributed by atoms with E-state index in [9.17, 15) is 9.90 Å². The van der Waals surface area contributed by atoms with Gasteiger partial charge in [-0.3, -0.25) is 4.79 Å². The number of aliphatic hydroxyl groups is 1. The molecule has 1 fully saturated rings. The number of β-amino-alcohol motifs (C(OH)–C–C–N with tert-alkyl or cyclic N) is 1. The van der Waals surface area contributed by atoms with Crippen molar-refractivity contribution in [1.29, 1.82) is 0 Å². The van der Waals surface area contributed by atoms with Crippen LogP contribution in [0.2, 0.25) is 0 Å². The molecule has 20 heavy (non-hydrogen) atoms. The van der Waals surface area contributed by atoms with E-state index in [1.165, 1.54) is 0 Å². The molecule has 5 nitrogen and oxygen atoms in total. The molecule has 1 heterocycles. The van der Waals surface area contributed by atoms with Gasteiger partial charge in [-0.2, -0.15) is 0 Å². The Morgan fingerprint density at radius 1 is 1.25 bits per heavy atom. The minimum absolute atomic E-state index is 0.0378. The fraction of sp³-hybridized carbons (Fsp3) is 0.533. The maximum Gasteiger partial charge on any atom is 0.260 e. The van der Waals surface area contributed by atoms with Gasteiger partial charge in [-0.25, -0.2) is 0 Å². The van der Waals surface area contributed by atoms with E-state index in [1.54, 1.807) is 11.0 Å². The molecule has 1 saturated heterocycles. The molecule has 1 amide bonds. The molecule has 0 radical (unpaired) electrons. The van der Waals surface area contributed by atoms with Crippen molar-refractivity contribution in [2.75, 3.05) is 26.3 Å². The third-order valence-corrected chi connectivity index (χ3v) is 3.48. The minimum Gasteiger partial charge on any atom is -0.490 e. The predicted molar refractivity (Wildman–Crippen MR) is 74.9 cm³/mol. The number of ether oxygens (including phenoxy) is 2. The van der Waals surface area contributed by atoms with Crippen molar-refractivity contribution in [3.8, 4) is 11.5 Å². The van der Waals surface area contributed by atoms with Gasteiger partial charge in [-0.05, 0) is 25.5 Å². The fourth-order valence-electron chi connectivity index (χ4n) is 2.14. The van der Waals surface area contributed by atoms with E-state index in [1.807, 2.05) is 32.0 Å². The standard InChI is InChI=1S/C15H21NO4/c1-3-15(18)10-16(11-15)14(17)9-20-13-8-6-5-7-12(13)19-4-2/h5-8,18H,3-4,9-11H2,1-2H3. The Morgan fingerprint density at radius 3 is 2.40 bits per heavy atom. The lowest BCUT2D eigenvalue weighted by molar-refractivity contribution is -0.157. The Labute approximate surface area is 119 Å². The van der Waals surface area contributed by atoms with Crippen LogP contribution in [0.4, 0.5) is 0 Å². The molecular formula is C15H21NO4. The molecule has 0 aliphatic carbocycles. The average Bonchev–Trinajstić information content (AvgIpc) is 2.43. The van der Waals surface area contributed by atoms with E-state index in [2.05, 4.69) is 0 Å². The van der Waals surface area contributed by atoms with Gasteiger partial charge in [0.2, 0.25) is 0 Å². The summed E-state index contributed by atoms with van der Waals surface area (Å²) >= 11 is 0. The van der Waals surface area contributed by atoms with Crippen LogP contribution in [0, 0.1) is 0 Å². The van der Waals surface area contributed by atoms with Crippen LogP contribution < -0.4 is 9.47 Å². The SMILES string of the molecule is CCOc1ccccc1OCC(=O)N1CC(O)(CC)C1. The second kappa shape index (κ2) is 6.13. The average molecular weight is 279 g/mol. The highest BCUT2D eigenvalue weighted by Gasteiger charge is 2.41. The highest BCUT2D eigenvalue weighted by atomic mass is 16.5. The summed E-state index contributed by atoms with van der Waals surface area (Å²) < 4.78 is 10.9. The van der Waals surface area contributed by atoms with Crippen LogP contribution in [-0.4, -0.2) is 47.8 Å². The molecule has 0 atom stereocenters. The van der Waals surface area contributed by atoms with Gasteiger partial charge in [0.1, 0.15) is 0 Å². The number of para-hydroxylation sites is 2. The highest BCUT2D eigenvalue weighted by molar-refractivity contribution is 5.79. The van der Waals surface area contributed by atoms with E-state index in [0.29, 0.717) is 37.6 Å². The number of hydrogen-bond acceptors (Lipinski definition) is 4. The number of amides is 1. The summed E-state index contributed by atoms with van der Waals surface area (Å²) in [4.78, 5) is 13.5. The van der Waals surface area contributed by atoms with Gasteiger partial charge in [0.15, 0.2) is 18.1 Å². The normalized spacial score (nSPS) is 16.4. The summed E-state index contributed by atoms with van der Waals surface area (Å²) in [5.74, 6) is 1.08. The quantitative estimate of drug-likeness (QED) is 0.856. The van der Waals surface area contributed by atoms with Gasteiger partial charge >= 0.3 is 0 Å². The Morgan fingerprint density at radius 2 is 1.85 bits per heavy atom. The van der Waals surface area contributed by atoms with E-state index in [0.717, 1.165) is 0 Å². The molecule has 1 aromatic rings. The predicted octanol–water partition coefficient (Wildman–Crippen LogP) is 1.45. The van der Waals surface area contributed by atoms with Crippen LogP contribution in [0.1, 0.15) is 20.3 Å². The van der Waals surface area contributed by atoms with Crippen LogP contribution >= 0.6 is 0 Å². The zero-order chi connectivity index (χ0) is 14.6. The van der Waals surface area contributed by atoms with Crippen LogP contribution in [0.15, 0.2) is 24.3 Å². The molecule has 0 spiro atoms. The number of benzene rings is 1. The van der Waals surface area contributed by atoms with Gasteiger partial charge in [-0.15, -0.1) is 0 Å². The van der Waals surface area contributed by atoms with Gasteiger partial charge in [-0.1, -0.05) is 19.1 Å². The molecule has 1 aliphatic heterocycles. The van der Waals surface area contributed by atoms with Crippen molar-refractivity contribution in [2.45, 2.75) is 25.9 Å². The van der Waals surface area contributed by atoms with Crippen molar-refractivity contribution >= 4 is 5.91 Å². The second-order valence-corrected chi connectivity index (χ2v) is 5.00. The summed E-state index contributed by atoms with van der Waals surface area (Å²) in [6.45, 7) is 5.09. The zero-order valence-electron chi connectivity index (χ0n) is 12.0. The van der Waals surface area contributed by atoms with Crippen LogP contribution in [-0.2, 0) is 4.79 Å². The summed E-state index contributed by atoms with van der Waals surface area (Å²) in [6.07, 6.45) is 0.658. The monoisotopic (exact) mass is 279 g/mol. The maximum atomic E-state index is 11.9. The molecule has 1 aliphatic rings. The highest BCUT2D eigenvalue weighted by Crippen LogP contribution is 2.27.